The Balaban J connectivity index is 2.38. The molecule has 1 aromatic heterocycles. The SMILES string of the molecule is O=C(O)N1CCc2c[nH]cc21. The quantitative estimate of drug-likeness (QED) is 0.583. The average Bonchev–Trinajstić information content (AvgIpc) is 2.41. The summed E-state index contributed by atoms with van der Waals surface area (Å²) < 4.78 is 0. The first-order valence-electron chi connectivity index (χ1n) is 3.45. The van der Waals surface area contributed by atoms with Crippen molar-refractivity contribution in [3.05, 3.63) is 18.0 Å². The summed E-state index contributed by atoms with van der Waals surface area (Å²) in [5.41, 5.74) is 1.89. The number of carboxylic acid groups (broad SMARTS) is 1. The van der Waals surface area contributed by atoms with Gasteiger partial charge in [0, 0.05) is 18.9 Å². The van der Waals surface area contributed by atoms with Crippen LogP contribution in [0.2, 0.25) is 0 Å². The summed E-state index contributed by atoms with van der Waals surface area (Å²) in [6.07, 6.45) is 3.52. The molecule has 0 aromatic carbocycles. The molecule has 2 N–H and O–H groups in total. The molecule has 0 saturated heterocycles. The third-order valence-electron chi connectivity index (χ3n) is 1.93. The fraction of sp³-hybridized carbons (Fsp3) is 0.286. The summed E-state index contributed by atoms with van der Waals surface area (Å²) in [5.74, 6) is 0. The van der Waals surface area contributed by atoms with Crippen LogP contribution in [0.4, 0.5) is 10.5 Å². The number of carbonyl (C=O) groups is 1. The highest BCUT2D eigenvalue weighted by atomic mass is 16.4. The molecule has 1 amide bonds. The summed E-state index contributed by atoms with van der Waals surface area (Å²) in [4.78, 5) is 14.8. The Labute approximate surface area is 63.4 Å². The van der Waals surface area contributed by atoms with Gasteiger partial charge in [-0.15, -0.1) is 0 Å². The summed E-state index contributed by atoms with van der Waals surface area (Å²) in [6.45, 7) is 0.592. The van der Waals surface area contributed by atoms with Crippen molar-refractivity contribution in [1.29, 1.82) is 0 Å². The number of hydrogen-bond donors (Lipinski definition) is 2. The first-order valence-corrected chi connectivity index (χ1v) is 3.45. The van der Waals surface area contributed by atoms with Gasteiger partial charge < -0.3 is 10.1 Å². The third-order valence-corrected chi connectivity index (χ3v) is 1.93. The van der Waals surface area contributed by atoms with Crippen molar-refractivity contribution in [2.75, 3.05) is 11.4 Å². The number of rotatable bonds is 0. The summed E-state index contributed by atoms with van der Waals surface area (Å²) >= 11 is 0. The van der Waals surface area contributed by atoms with Crippen LogP contribution in [-0.4, -0.2) is 22.7 Å². The molecule has 0 aliphatic carbocycles. The second kappa shape index (κ2) is 2.02. The van der Waals surface area contributed by atoms with E-state index in [1.807, 2.05) is 6.20 Å². The number of anilines is 1. The highest BCUT2D eigenvalue weighted by Gasteiger charge is 2.24. The molecule has 2 rings (SSSR count). The lowest BCUT2D eigenvalue weighted by Crippen LogP contribution is -2.26. The van der Waals surface area contributed by atoms with Gasteiger partial charge in [0.2, 0.25) is 0 Å². The fourth-order valence-corrected chi connectivity index (χ4v) is 1.39. The maximum absolute atomic E-state index is 10.6. The standard InChI is InChI=1S/C7H8N2O2/c10-7(11)9-2-1-5-3-8-4-6(5)9/h3-4,8H,1-2H2,(H,10,11). The molecule has 0 atom stereocenters. The van der Waals surface area contributed by atoms with Gasteiger partial charge in [0.25, 0.3) is 0 Å². The number of amides is 1. The second-order valence-corrected chi connectivity index (χ2v) is 2.55. The van der Waals surface area contributed by atoms with Crippen LogP contribution in [0, 0.1) is 0 Å². The van der Waals surface area contributed by atoms with Crippen molar-refractivity contribution in [3.63, 3.8) is 0 Å². The summed E-state index contributed by atoms with van der Waals surface area (Å²) in [6, 6.07) is 0. The van der Waals surface area contributed by atoms with Gasteiger partial charge in [-0.3, -0.25) is 4.90 Å². The van der Waals surface area contributed by atoms with E-state index in [4.69, 9.17) is 5.11 Å². The van der Waals surface area contributed by atoms with Crippen LogP contribution in [0.1, 0.15) is 5.56 Å². The van der Waals surface area contributed by atoms with E-state index in [1.165, 1.54) is 4.90 Å². The molecule has 1 aliphatic heterocycles. The van der Waals surface area contributed by atoms with Crippen LogP contribution in [0.3, 0.4) is 0 Å². The Kier molecular flexibility index (Phi) is 1.15. The van der Waals surface area contributed by atoms with Gasteiger partial charge in [-0.25, -0.2) is 4.79 Å². The van der Waals surface area contributed by atoms with Gasteiger partial charge in [-0.2, -0.15) is 0 Å². The molecule has 4 heteroatoms. The van der Waals surface area contributed by atoms with Gasteiger partial charge in [0.15, 0.2) is 0 Å². The molecule has 0 bridgehead atoms. The number of nitrogens with zero attached hydrogens (tertiary/aromatic N) is 1. The Hall–Kier alpha value is -1.45. The van der Waals surface area contributed by atoms with Gasteiger partial charge >= 0.3 is 6.09 Å². The lowest BCUT2D eigenvalue weighted by molar-refractivity contribution is 0.202. The van der Waals surface area contributed by atoms with E-state index in [1.54, 1.807) is 6.20 Å². The largest absolute Gasteiger partial charge is 0.465 e. The number of hydrogen-bond acceptors (Lipinski definition) is 1. The van der Waals surface area contributed by atoms with Gasteiger partial charge in [0.05, 0.1) is 5.69 Å². The molecule has 0 fully saturated rings. The molecular formula is C7H8N2O2. The van der Waals surface area contributed by atoms with E-state index in [0.29, 0.717) is 6.54 Å². The molecule has 1 aliphatic rings. The molecule has 0 radical (unpaired) electrons. The molecule has 0 spiro atoms. The lowest BCUT2D eigenvalue weighted by Gasteiger charge is -2.09. The fourth-order valence-electron chi connectivity index (χ4n) is 1.39. The van der Waals surface area contributed by atoms with Crippen molar-refractivity contribution in [1.82, 2.24) is 4.98 Å². The van der Waals surface area contributed by atoms with Crippen molar-refractivity contribution >= 4 is 11.8 Å². The first-order chi connectivity index (χ1) is 5.29. The van der Waals surface area contributed by atoms with Crippen molar-refractivity contribution in [2.45, 2.75) is 6.42 Å². The molecule has 1 aromatic rings. The zero-order chi connectivity index (χ0) is 7.84. The smallest absolute Gasteiger partial charge is 0.411 e. The van der Waals surface area contributed by atoms with Crippen LogP contribution >= 0.6 is 0 Å². The number of nitrogens with one attached hydrogen (secondary N) is 1. The third kappa shape index (κ3) is 0.790. The minimum absolute atomic E-state index is 0.592. The lowest BCUT2D eigenvalue weighted by atomic mass is 10.3. The van der Waals surface area contributed by atoms with Crippen LogP contribution < -0.4 is 4.90 Å². The number of fused-ring (bicyclic) bond motifs is 1. The Morgan fingerprint density at radius 3 is 3.18 bits per heavy atom. The highest BCUT2D eigenvalue weighted by Crippen LogP contribution is 2.26. The number of H-pyrrole nitrogens is 1. The van der Waals surface area contributed by atoms with Crippen molar-refractivity contribution in [2.24, 2.45) is 0 Å². The van der Waals surface area contributed by atoms with E-state index in [2.05, 4.69) is 4.98 Å². The average molecular weight is 152 g/mol. The van der Waals surface area contributed by atoms with Gasteiger partial charge in [-0.1, -0.05) is 0 Å². The van der Waals surface area contributed by atoms with Gasteiger partial charge in [0.1, 0.15) is 0 Å². The Bertz CT molecular complexity index is 292. The first kappa shape index (κ1) is 6.27. The molecule has 0 saturated carbocycles. The monoisotopic (exact) mass is 152 g/mol. The maximum Gasteiger partial charge on any atom is 0.411 e. The Morgan fingerprint density at radius 2 is 2.45 bits per heavy atom. The number of aromatic nitrogens is 1. The molecule has 4 nitrogen and oxygen atoms in total. The van der Waals surface area contributed by atoms with Crippen LogP contribution in [-0.2, 0) is 6.42 Å². The highest BCUT2D eigenvalue weighted by molar-refractivity contribution is 5.88. The molecular weight excluding hydrogens is 144 g/mol. The minimum Gasteiger partial charge on any atom is -0.465 e. The second-order valence-electron chi connectivity index (χ2n) is 2.55. The van der Waals surface area contributed by atoms with Crippen molar-refractivity contribution < 1.29 is 9.90 Å². The van der Waals surface area contributed by atoms with E-state index in [0.717, 1.165) is 17.7 Å². The summed E-state index contributed by atoms with van der Waals surface area (Å²) in [7, 11) is 0. The molecule has 2 heterocycles. The molecule has 11 heavy (non-hydrogen) atoms. The van der Waals surface area contributed by atoms with E-state index in [-0.39, 0.29) is 0 Å². The van der Waals surface area contributed by atoms with Crippen LogP contribution in [0.5, 0.6) is 0 Å². The number of aromatic amines is 1. The maximum atomic E-state index is 10.6. The van der Waals surface area contributed by atoms with E-state index < -0.39 is 6.09 Å². The zero-order valence-corrected chi connectivity index (χ0v) is 5.87. The van der Waals surface area contributed by atoms with Crippen molar-refractivity contribution in [3.8, 4) is 0 Å². The predicted molar refractivity (Wildman–Crippen MR) is 39.9 cm³/mol. The summed E-state index contributed by atoms with van der Waals surface area (Å²) in [5, 5.41) is 8.69. The Morgan fingerprint density at radius 1 is 1.64 bits per heavy atom. The zero-order valence-electron chi connectivity index (χ0n) is 5.87. The molecule has 58 valence electrons. The minimum atomic E-state index is -0.872. The van der Waals surface area contributed by atoms with Crippen LogP contribution in [0.15, 0.2) is 12.4 Å². The van der Waals surface area contributed by atoms with Gasteiger partial charge in [-0.05, 0) is 12.0 Å². The topological polar surface area (TPSA) is 56.3 Å². The van der Waals surface area contributed by atoms with E-state index >= 15 is 0 Å². The van der Waals surface area contributed by atoms with E-state index in [9.17, 15) is 4.79 Å². The van der Waals surface area contributed by atoms with Crippen LogP contribution in [0.25, 0.3) is 0 Å². The normalized spacial score (nSPS) is 15.1. The molecule has 0 unspecified atom stereocenters. The predicted octanol–water partition coefficient (Wildman–Crippen LogP) is 1.06.